The van der Waals surface area contributed by atoms with E-state index < -0.39 is 0 Å². The van der Waals surface area contributed by atoms with Crippen molar-refractivity contribution in [3.8, 4) is 5.88 Å². The lowest BCUT2D eigenvalue weighted by Gasteiger charge is -2.08. The molecule has 1 aromatic heterocycles. The van der Waals surface area contributed by atoms with E-state index in [-0.39, 0.29) is 5.28 Å². The van der Waals surface area contributed by atoms with E-state index >= 15 is 0 Å². The van der Waals surface area contributed by atoms with Crippen LogP contribution >= 0.6 is 11.6 Å². The Labute approximate surface area is 112 Å². The van der Waals surface area contributed by atoms with E-state index in [2.05, 4.69) is 16.9 Å². The molecule has 0 N–H and O–H groups in total. The fraction of sp³-hybridized carbons (Fsp3) is 0.429. The Hall–Kier alpha value is -1.35. The second-order valence-electron chi connectivity index (χ2n) is 4.22. The molecule has 1 aromatic carbocycles. The molecule has 0 aliphatic heterocycles. The Kier molecular flexibility index (Phi) is 4.76. The molecule has 2 aromatic rings. The van der Waals surface area contributed by atoms with E-state index in [1.54, 1.807) is 0 Å². The van der Waals surface area contributed by atoms with Crippen molar-refractivity contribution in [2.24, 2.45) is 0 Å². The number of nitrogens with zero attached hydrogens (tertiary/aromatic N) is 2. The molecule has 1 heterocycles. The van der Waals surface area contributed by atoms with Gasteiger partial charge < -0.3 is 4.74 Å². The molecular weight excluding hydrogens is 248 g/mol. The van der Waals surface area contributed by atoms with Crippen LogP contribution in [-0.4, -0.2) is 16.6 Å². The average molecular weight is 265 g/mol. The highest BCUT2D eigenvalue weighted by Gasteiger charge is 2.06. The van der Waals surface area contributed by atoms with Gasteiger partial charge in [-0.05, 0) is 30.2 Å². The van der Waals surface area contributed by atoms with Crippen LogP contribution < -0.4 is 4.74 Å². The first kappa shape index (κ1) is 13.1. The lowest BCUT2D eigenvalue weighted by atomic mass is 10.2. The van der Waals surface area contributed by atoms with Gasteiger partial charge in [-0.25, -0.2) is 4.98 Å². The van der Waals surface area contributed by atoms with Gasteiger partial charge in [0, 0.05) is 0 Å². The minimum absolute atomic E-state index is 0.234. The first-order chi connectivity index (χ1) is 8.81. The van der Waals surface area contributed by atoms with Crippen molar-refractivity contribution in [3.63, 3.8) is 0 Å². The predicted octanol–water partition coefficient (Wildman–Crippen LogP) is 4.24. The van der Waals surface area contributed by atoms with Crippen LogP contribution in [-0.2, 0) is 0 Å². The molecule has 4 heteroatoms. The van der Waals surface area contributed by atoms with E-state index in [4.69, 9.17) is 16.3 Å². The van der Waals surface area contributed by atoms with Gasteiger partial charge in [0.1, 0.15) is 0 Å². The van der Waals surface area contributed by atoms with Crippen molar-refractivity contribution in [2.45, 2.75) is 32.6 Å². The summed E-state index contributed by atoms with van der Waals surface area (Å²) < 4.78 is 5.71. The van der Waals surface area contributed by atoms with Gasteiger partial charge in [0.05, 0.1) is 17.5 Å². The summed E-state index contributed by atoms with van der Waals surface area (Å²) in [6, 6.07) is 7.74. The lowest BCUT2D eigenvalue weighted by molar-refractivity contribution is 0.297. The highest BCUT2D eigenvalue weighted by Crippen LogP contribution is 2.23. The second kappa shape index (κ2) is 6.55. The maximum Gasteiger partial charge on any atom is 0.226 e. The molecule has 0 unspecified atom stereocenters. The summed E-state index contributed by atoms with van der Waals surface area (Å²) in [7, 11) is 0. The molecule has 0 aliphatic rings. The van der Waals surface area contributed by atoms with E-state index in [0.717, 1.165) is 17.3 Å². The first-order valence-electron chi connectivity index (χ1n) is 6.36. The molecule has 0 saturated carbocycles. The number of ether oxygens (including phenoxy) is 1. The molecular formula is C14H17ClN2O. The number of aromatic nitrogens is 2. The Morgan fingerprint density at radius 1 is 1.11 bits per heavy atom. The van der Waals surface area contributed by atoms with Crippen LogP contribution in [0.2, 0.25) is 5.28 Å². The quantitative estimate of drug-likeness (QED) is 0.578. The highest BCUT2D eigenvalue weighted by atomic mass is 35.5. The van der Waals surface area contributed by atoms with Crippen LogP contribution in [0.5, 0.6) is 5.88 Å². The Morgan fingerprint density at radius 2 is 1.94 bits per heavy atom. The van der Waals surface area contributed by atoms with Gasteiger partial charge in [0.2, 0.25) is 11.2 Å². The van der Waals surface area contributed by atoms with E-state index in [9.17, 15) is 0 Å². The van der Waals surface area contributed by atoms with Crippen molar-refractivity contribution in [1.29, 1.82) is 0 Å². The molecule has 2 rings (SSSR count). The first-order valence-corrected chi connectivity index (χ1v) is 6.74. The summed E-state index contributed by atoms with van der Waals surface area (Å²) in [4.78, 5) is 8.32. The van der Waals surface area contributed by atoms with Crippen LogP contribution in [0.1, 0.15) is 32.6 Å². The number of para-hydroxylation sites is 1. The summed E-state index contributed by atoms with van der Waals surface area (Å²) in [5.41, 5.74) is 0.820. The average Bonchev–Trinajstić information content (AvgIpc) is 2.38. The minimum Gasteiger partial charge on any atom is -0.477 e. The van der Waals surface area contributed by atoms with Crippen LogP contribution in [0.4, 0.5) is 0 Å². The predicted molar refractivity (Wildman–Crippen MR) is 74.2 cm³/mol. The molecule has 0 atom stereocenters. The molecule has 3 nitrogen and oxygen atoms in total. The zero-order valence-corrected chi connectivity index (χ0v) is 11.3. The third-order valence-electron chi connectivity index (χ3n) is 2.78. The smallest absolute Gasteiger partial charge is 0.226 e. The summed E-state index contributed by atoms with van der Waals surface area (Å²) in [5, 5.41) is 1.15. The molecule has 0 amide bonds. The van der Waals surface area contributed by atoms with Crippen molar-refractivity contribution >= 4 is 22.5 Å². The van der Waals surface area contributed by atoms with Gasteiger partial charge in [0.15, 0.2) is 0 Å². The summed E-state index contributed by atoms with van der Waals surface area (Å²) in [6.07, 6.45) is 4.70. The number of hydrogen-bond acceptors (Lipinski definition) is 3. The number of rotatable bonds is 6. The molecule has 0 radical (unpaired) electrons. The molecule has 96 valence electrons. The van der Waals surface area contributed by atoms with Crippen LogP contribution in [0, 0.1) is 0 Å². The number of halogens is 1. The second-order valence-corrected chi connectivity index (χ2v) is 4.56. The molecule has 0 bridgehead atoms. The molecule has 0 spiro atoms. The number of unbranched alkanes of at least 4 members (excludes halogenated alkanes) is 3. The van der Waals surface area contributed by atoms with Gasteiger partial charge in [-0.1, -0.05) is 38.3 Å². The van der Waals surface area contributed by atoms with Gasteiger partial charge in [0.25, 0.3) is 0 Å². The van der Waals surface area contributed by atoms with Crippen molar-refractivity contribution in [1.82, 2.24) is 9.97 Å². The van der Waals surface area contributed by atoms with E-state index in [1.165, 1.54) is 19.3 Å². The fourth-order valence-corrected chi connectivity index (χ4v) is 2.00. The van der Waals surface area contributed by atoms with Crippen molar-refractivity contribution in [3.05, 3.63) is 29.5 Å². The zero-order valence-electron chi connectivity index (χ0n) is 10.5. The van der Waals surface area contributed by atoms with Crippen LogP contribution in [0.25, 0.3) is 10.9 Å². The normalized spacial score (nSPS) is 10.8. The molecule has 0 saturated heterocycles. The van der Waals surface area contributed by atoms with Crippen molar-refractivity contribution < 1.29 is 4.74 Å². The Morgan fingerprint density at radius 3 is 2.78 bits per heavy atom. The number of fused-ring (bicyclic) bond motifs is 1. The van der Waals surface area contributed by atoms with Crippen molar-refractivity contribution in [2.75, 3.05) is 6.61 Å². The summed E-state index contributed by atoms with van der Waals surface area (Å²) >= 11 is 5.88. The van der Waals surface area contributed by atoms with Gasteiger partial charge in [-0.3, -0.25) is 0 Å². The summed E-state index contributed by atoms with van der Waals surface area (Å²) in [6.45, 7) is 2.87. The molecule has 0 aliphatic carbocycles. The van der Waals surface area contributed by atoms with E-state index in [0.29, 0.717) is 12.5 Å². The lowest BCUT2D eigenvalue weighted by Crippen LogP contribution is -2.01. The maximum atomic E-state index is 5.88. The topological polar surface area (TPSA) is 35.0 Å². The van der Waals surface area contributed by atoms with Gasteiger partial charge >= 0.3 is 0 Å². The molecule has 0 fully saturated rings. The third kappa shape index (κ3) is 3.33. The maximum absolute atomic E-state index is 5.88. The number of benzene rings is 1. The molecule has 18 heavy (non-hydrogen) atoms. The van der Waals surface area contributed by atoms with Gasteiger partial charge in [-0.2, -0.15) is 4.98 Å². The zero-order chi connectivity index (χ0) is 12.8. The fourth-order valence-electron chi connectivity index (χ4n) is 1.83. The number of hydrogen-bond donors (Lipinski definition) is 0. The van der Waals surface area contributed by atoms with E-state index in [1.807, 2.05) is 24.3 Å². The standard InChI is InChI=1S/C14H17ClN2O/c1-2-3-4-7-10-18-13-11-8-5-6-9-12(11)16-14(15)17-13/h5-6,8-9H,2-4,7,10H2,1H3. The Balaban J connectivity index is 2.07. The highest BCUT2D eigenvalue weighted by molar-refractivity contribution is 6.28. The monoisotopic (exact) mass is 264 g/mol. The van der Waals surface area contributed by atoms with Crippen LogP contribution in [0.15, 0.2) is 24.3 Å². The minimum atomic E-state index is 0.234. The van der Waals surface area contributed by atoms with Crippen LogP contribution in [0.3, 0.4) is 0 Å². The largest absolute Gasteiger partial charge is 0.477 e. The third-order valence-corrected chi connectivity index (χ3v) is 2.95. The summed E-state index contributed by atoms with van der Waals surface area (Å²) in [5.74, 6) is 0.585. The van der Waals surface area contributed by atoms with Gasteiger partial charge in [-0.15, -0.1) is 0 Å². The Bertz CT molecular complexity index is 516. The SMILES string of the molecule is CCCCCCOc1nc(Cl)nc2ccccc12.